The number of amides is 1. The number of fused-ring (bicyclic) bond motifs is 1. The quantitative estimate of drug-likeness (QED) is 0.420. The van der Waals surface area contributed by atoms with Gasteiger partial charge in [-0.2, -0.15) is 0 Å². The molecule has 1 amide bonds. The van der Waals surface area contributed by atoms with Crippen molar-refractivity contribution in [3.05, 3.63) is 36.3 Å². The molecule has 0 unspecified atom stereocenters. The summed E-state index contributed by atoms with van der Waals surface area (Å²) >= 11 is 0.291. The topological polar surface area (TPSA) is 120 Å². The zero-order chi connectivity index (χ0) is 25.7. The summed E-state index contributed by atoms with van der Waals surface area (Å²) in [5.74, 6) is 3.03. The number of hydrogen-bond acceptors (Lipinski definition) is 9. The maximum absolute atomic E-state index is 13.5. The third kappa shape index (κ3) is 5.57. The SMILES string of the molecule is COc1ncc(-c2ccc3ncnc(N[C@@H](C[Se]C)C(=O)N4CCC(N(C)C)CC4)c3n2)cc1C#N. The molecule has 0 aliphatic carbocycles. The van der Waals surface area contributed by atoms with Crippen molar-refractivity contribution in [3.63, 3.8) is 0 Å². The second kappa shape index (κ2) is 11.6. The van der Waals surface area contributed by atoms with Gasteiger partial charge in [-0.05, 0) is 0 Å². The van der Waals surface area contributed by atoms with Gasteiger partial charge in [0.15, 0.2) is 0 Å². The molecule has 0 saturated carbocycles. The van der Waals surface area contributed by atoms with Gasteiger partial charge in [0, 0.05) is 0 Å². The van der Waals surface area contributed by atoms with E-state index in [4.69, 9.17) is 9.72 Å². The first-order chi connectivity index (χ1) is 17.4. The van der Waals surface area contributed by atoms with Crippen LogP contribution in [0.25, 0.3) is 22.3 Å². The summed E-state index contributed by atoms with van der Waals surface area (Å²) < 4.78 is 5.15. The number of rotatable bonds is 8. The minimum atomic E-state index is -0.373. The van der Waals surface area contributed by atoms with Crippen LogP contribution in [0.4, 0.5) is 5.82 Å². The molecule has 1 fully saturated rings. The Hall–Kier alpha value is -3.32. The van der Waals surface area contributed by atoms with Crippen LogP contribution in [-0.4, -0.2) is 97.0 Å². The van der Waals surface area contributed by atoms with Crippen molar-refractivity contribution in [3.8, 4) is 23.2 Å². The number of carbonyl (C=O) groups is 1. The van der Waals surface area contributed by atoms with Crippen LogP contribution in [0.2, 0.25) is 11.1 Å². The number of methoxy groups -OCH3 is 1. The van der Waals surface area contributed by atoms with Gasteiger partial charge in [0.05, 0.1) is 7.11 Å². The first-order valence-electron chi connectivity index (χ1n) is 11.7. The van der Waals surface area contributed by atoms with E-state index in [9.17, 15) is 10.1 Å². The normalized spacial score (nSPS) is 15.1. The number of nitrogens with one attached hydrogen (secondary N) is 1. The van der Waals surface area contributed by atoms with Gasteiger partial charge in [0.2, 0.25) is 0 Å². The van der Waals surface area contributed by atoms with Crippen LogP contribution in [0.5, 0.6) is 5.88 Å². The molecule has 1 atom stereocenters. The number of carbonyl (C=O) groups excluding carboxylic acids is 1. The number of nitrogens with zero attached hydrogens (tertiary/aromatic N) is 7. The Bertz CT molecular complexity index is 1270. The van der Waals surface area contributed by atoms with Gasteiger partial charge in [0.1, 0.15) is 0 Å². The van der Waals surface area contributed by atoms with E-state index in [-0.39, 0.29) is 17.8 Å². The van der Waals surface area contributed by atoms with Gasteiger partial charge in [-0.15, -0.1) is 0 Å². The third-order valence-electron chi connectivity index (χ3n) is 6.39. The van der Waals surface area contributed by atoms with Crippen molar-refractivity contribution < 1.29 is 9.53 Å². The number of pyridine rings is 2. The van der Waals surface area contributed by atoms with Gasteiger partial charge < -0.3 is 0 Å². The fraction of sp³-hybridized carbons (Fsp3) is 0.440. The van der Waals surface area contributed by atoms with Gasteiger partial charge in [-0.3, -0.25) is 0 Å². The minimum absolute atomic E-state index is 0.108. The molecule has 4 rings (SSSR count). The van der Waals surface area contributed by atoms with Crippen molar-refractivity contribution >= 4 is 37.7 Å². The number of hydrogen-bond donors (Lipinski definition) is 1. The van der Waals surface area contributed by atoms with Crippen LogP contribution in [0, 0.1) is 11.3 Å². The van der Waals surface area contributed by atoms with Crippen LogP contribution in [0.1, 0.15) is 18.4 Å². The predicted octanol–water partition coefficient (Wildman–Crippen LogP) is 2.47. The molecule has 10 nitrogen and oxygen atoms in total. The average Bonchev–Trinajstić information content (AvgIpc) is 2.92. The second-order valence-corrected chi connectivity index (χ2v) is 10.8. The molecular formula is C25H30N8O2Se. The van der Waals surface area contributed by atoms with Gasteiger partial charge in [-0.25, -0.2) is 0 Å². The third-order valence-corrected chi connectivity index (χ3v) is 7.79. The van der Waals surface area contributed by atoms with Crippen LogP contribution in [0.15, 0.2) is 30.7 Å². The molecule has 0 radical (unpaired) electrons. The molecule has 4 heterocycles. The predicted molar refractivity (Wildman–Crippen MR) is 139 cm³/mol. The summed E-state index contributed by atoms with van der Waals surface area (Å²) in [5, 5.41) is 13.6. The molecule has 0 aromatic carbocycles. The van der Waals surface area contributed by atoms with Gasteiger partial charge in [0.25, 0.3) is 0 Å². The summed E-state index contributed by atoms with van der Waals surface area (Å²) in [4.78, 5) is 35.5. The molecule has 1 aliphatic heterocycles. The first kappa shape index (κ1) is 25.8. The summed E-state index contributed by atoms with van der Waals surface area (Å²) in [6.45, 7) is 1.52. The zero-order valence-corrected chi connectivity index (χ0v) is 22.6. The van der Waals surface area contributed by atoms with E-state index in [1.54, 1.807) is 12.3 Å². The van der Waals surface area contributed by atoms with Crippen molar-refractivity contribution in [2.24, 2.45) is 0 Å². The molecular weight excluding hydrogens is 523 g/mol. The van der Waals surface area contributed by atoms with Gasteiger partial charge >= 0.3 is 210 Å². The number of aromatic nitrogens is 4. The Morgan fingerprint density at radius 2 is 2.08 bits per heavy atom. The maximum atomic E-state index is 13.5. The Kier molecular flexibility index (Phi) is 8.31. The molecule has 11 heteroatoms. The van der Waals surface area contributed by atoms with E-state index >= 15 is 0 Å². The first-order valence-corrected chi connectivity index (χ1v) is 14.6. The number of likely N-dealkylation sites (tertiary alicyclic amines) is 1. The van der Waals surface area contributed by atoms with Crippen molar-refractivity contribution in [2.45, 2.75) is 36.1 Å². The Morgan fingerprint density at radius 1 is 1.31 bits per heavy atom. The van der Waals surface area contributed by atoms with Crippen molar-refractivity contribution in [2.75, 3.05) is 39.6 Å². The van der Waals surface area contributed by atoms with E-state index in [0.717, 1.165) is 31.3 Å². The van der Waals surface area contributed by atoms with Crippen LogP contribution in [-0.2, 0) is 4.79 Å². The molecule has 0 bridgehead atoms. The van der Waals surface area contributed by atoms with Crippen molar-refractivity contribution in [1.29, 1.82) is 5.26 Å². The summed E-state index contributed by atoms with van der Waals surface area (Å²) in [6, 6.07) is 7.62. The van der Waals surface area contributed by atoms with E-state index in [1.165, 1.54) is 13.4 Å². The number of ether oxygens (including phenoxy) is 1. The monoisotopic (exact) mass is 554 g/mol. The van der Waals surface area contributed by atoms with Crippen LogP contribution >= 0.6 is 0 Å². The Balaban J connectivity index is 1.61. The zero-order valence-electron chi connectivity index (χ0n) is 20.9. The second-order valence-electron chi connectivity index (χ2n) is 8.85. The fourth-order valence-corrected chi connectivity index (χ4v) is 5.54. The molecule has 1 N–H and O–H groups in total. The molecule has 0 spiro atoms. The van der Waals surface area contributed by atoms with Crippen molar-refractivity contribution in [1.82, 2.24) is 29.7 Å². The molecule has 3 aromatic rings. The number of anilines is 1. The van der Waals surface area contributed by atoms with E-state index in [2.05, 4.69) is 51.2 Å². The van der Waals surface area contributed by atoms with E-state index < -0.39 is 0 Å². The van der Waals surface area contributed by atoms with Gasteiger partial charge in [-0.1, -0.05) is 0 Å². The summed E-state index contributed by atoms with van der Waals surface area (Å²) in [5.41, 5.74) is 2.86. The Morgan fingerprint density at radius 3 is 2.75 bits per heavy atom. The number of piperidine rings is 1. The summed E-state index contributed by atoms with van der Waals surface area (Å²) in [6.07, 6.45) is 5.05. The summed E-state index contributed by atoms with van der Waals surface area (Å²) in [7, 11) is 5.67. The molecule has 1 aliphatic rings. The van der Waals surface area contributed by atoms with Crippen LogP contribution in [0.3, 0.4) is 0 Å². The Labute approximate surface area is 217 Å². The average molecular weight is 554 g/mol. The molecule has 36 heavy (non-hydrogen) atoms. The molecule has 1 saturated heterocycles. The molecule has 3 aromatic heterocycles. The molecule has 188 valence electrons. The number of nitriles is 1. The van der Waals surface area contributed by atoms with E-state index in [1.807, 2.05) is 17.0 Å². The standard InChI is InChI=1S/C25H30N8O2Se/c1-32(2)18-7-9-33(10-8-18)25(34)21(14-36-4)31-23-22-20(28-15-29-23)6-5-19(30-22)17-11-16(12-26)24(35-3)27-13-17/h5-6,11,13,15,18,21H,7-10,14H2,1-4H3,(H,28,29,31)/t21-/m0/s1. The van der Waals surface area contributed by atoms with E-state index in [0.29, 0.717) is 54.7 Å². The fourth-order valence-electron chi connectivity index (χ4n) is 4.37. The van der Waals surface area contributed by atoms with Crippen LogP contribution < -0.4 is 10.1 Å².